The lowest BCUT2D eigenvalue weighted by molar-refractivity contribution is -0.190. The van der Waals surface area contributed by atoms with Crippen molar-refractivity contribution >= 4 is 40.7 Å². The molecule has 0 spiro atoms. The molecule has 1 N–H and O–H groups in total. The maximum absolute atomic E-state index is 14.4. The van der Waals surface area contributed by atoms with E-state index in [4.69, 9.17) is 23.2 Å². The van der Waals surface area contributed by atoms with Crippen LogP contribution >= 0.6 is 23.2 Å². The van der Waals surface area contributed by atoms with Crippen LogP contribution in [0, 0.1) is 0 Å². The molecule has 0 saturated carbocycles. The number of hydrogen-bond acceptors (Lipinski definition) is 2. The summed E-state index contributed by atoms with van der Waals surface area (Å²) in [5.74, 6) is -1.10. The van der Waals surface area contributed by atoms with Crippen molar-refractivity contribution in [3.63, 3.8) is 0 Å². The van der Waals surface area contributed by atoms with Gasteiger partial charge in [-0.25, -0.2) is 0 Å². The van der Waals surface area contributed by atoms with Gasteiger partial charge in [0, 0.05) is 28.7 Å². The number of aryl methyl sites for hydroxylation is 1. The molecular formula is C23H21Cl2F3N2O2. The topological polar surface area (TPSA) is 49.4 Å². The minimum absolute atomic E-state index is 0.0417. The number of fused-ring (bicyclic) bond motifs is 1. The number of nitrogens with one attached hydrogen (secondary N) is 1. The molecule has 4 nitrogen and oxygen atoms in total. The Morgan fingerprint density at radius 1 is 1.19 bits per heavy atom. The van der Waals surface area contributed by atoms with Gasteiger partial charge in [0.15, 0.2) is 5.41 Å². The molecule has 32 heavy (non-hydrogen) atoms. The quantitative estimate of drug-likeness (QED) is 0.600. The van der Waals surface area contributed by atoms with Gasteiger partial charge in [0.05, 0.1) is 6.04 Å². The summed E-state index contributed by atoms with van der Waals surface area (Å²) >= 11 is 11.9. The second kappa shape index (κ2) is 8.27. The molecule has 0 bridgehead atoms. The highest BCUT2D eigenvalue weighted by Gasteiger charge is 2.65. The largest absolute Gasteiger partial charge is 0.407 e. The van der Waals surface area contributed by atoms with Gasteiger partial charge in [-0.15, -0.1) is 0 Å². The van der Waals surface area contributed by atoms with E-state index in [1.54, 1.807) is 25.1 Å². The third kappa shape index (κ3) is 3.75. The Balaban J connectivity index is 1.69. The molecule has 1 aliphatic heterocycles. The average molecular weight is 485 g/mol. The van der Waals surface area contributed by atoms with Gasteiger partial charge >= 0.3 is 6.18 Å². The molecule has 2 aliphatic rings. The summed E-state index contributed by atoms with van der Waals surface area (Å²) in [5.41, 5.74) is -0.690. The highest BCUT2D eigenvalue weighted by atomic mass is 35.5. The van der Waals surface area contributed by atoms with Crippen LogP contribution in [0.25, 0.3) is 0 Å². The molecule has 9 heteroatoms. The molecule has 1 aliphatic carbocycles. The van der Waals surface area contributed by atoms with Gasteiger partial charge in [-0.2, -0.15) is 13.2 Å². The van der Waals surface area contributed by atoms with Crippen LogP contribution in [0.15, 0.2) is 36.4 Å². The summed E-state index contributed by atoms with van der Waals surface area (Å²) in [6.45, 7) is 1.69. The molecule has 2 amide bonds. The fraction of sp³-hybridized carbons (Fsp3) is 0.391. The van der Waals surface area contributed by atoms with Gasteiger partial charge in [-0.3, -0.25) is 9.59 Å². The highest BCUT2D eigenvalue weighted by Crippen LogP contribution is 2.50. The lowest BCUT2D eigenvalue weighted by Crippen LogP contribution is -2.49. The fourth-order valence-corrected chi connectivity index (χ4v) is 5.20. The molecule has 2 atom stereocenters. The monoisotopic (exact) mass is 484 g/mol. The van der Waals surface area contributed by atoms with E-state index >= 15 is 0 Å². The maximum atomic E-state index is 14.4. The van der Waals surface area contributed by atoms with Gasteiger partial charge < -0.3 is 10.2 Å². The zero-order valence-corrected chi connectivity index (χ0v) is 18.7. The number of carbonyl (C=O) groups is 2. The first kappa shape index (κ1) is 22.9. The molecule has 0 radical (unpaired) electrons. The molecule has 2 aromatic rings. The predicted octanol–water partition coefficient (Wildman–Crippen LogP) is 5.74. The van der Waals surface area contributed by atoms with E-state index < -0.39 is 23.9 Å². The van der Waals surface area contributed by atoms with E-state index in [1.165, 1.54) is 11.0 Å². The number of amides is 2. The number of hydrogen-bond donors (Lipinski definition) is 1. The van der Waals surface area contributed by atoms with Crippen molar-refractivity contribution < 1.29 is 22.8 Å². The molecule has 2 aromatic carbocycles. The zero-order chi connectivity index (χ0) is 23.3. The summed E-state index contributed by atoms with van der Waals surface area (Å²) in [5, 5.41) is 3.04. The van der Waals surface area contributed by atoms with Crippen LogP contribution in [-0.2, 0) is 21.4 Å². The number of alkyl halides is 3. The van der Waals surface area contributed by atoms with Gasteiger partial charge in [0.2, 0.25) is 11.8 Å². The first-order valence-electron chi connectivity index (χ1n) is 10.3. The molecule has 170 valence electrons. The summed E-state index contributed by atoms with van der Waals surface area (Å²) in [7, 11) is 0. The van der Waals surface area contributed by atoms with Gasteiger partial charge in [0.1, 0.15) is 0 Å². The van der Waals surface area contributed by atoms with E-state index in [-0.39, 0.29) is 34.1 Å². The lowest BCUT2D eigenvalue weighted by atomic mass is 9.78. The SMILES string of the molecule is CCC(=O)NC1CCc2cc(N3CCC(c4cc(Cl)cc(Cl)c4)(C(F)(F)F)C3=O)ccc21. The first-order chi connectivity index (χ1) is 15.1. The van der Waals surface area contributed by atoms with Crippen LogP contribution in [0.4, 0.5) is 18.9 Å². The summed E-state index contributed by atoms with van der Waals surface area (Å²) < 4.78 is 43.1. The molecule has 1 heterocycles. The Morgan fingerprint density at radius 3 is 2.50 bits per heavy atom. The van der Waals surface area contributed by atoms with Crippen LogP contribution in [0.1, 0.15) is 48.9 Å². The van der Waals surface area contributed by atoms with Crippen LogP contribution in [0.2, 0.25) is 10.0 Å². The number of carbonyl (C=O) groups excluding carboxylic acids is 2. The van der Waals surface area contributed by atoms with Crippen LogP contribution in [0.5, 0.6) is 0 Å². The van der Waals surface area contributed by atoms with E-state index in [2.05, 4.69) is 5.32 Å². The molecule has 2 unspecified atom stereocenters. The maximum Gasteiger partial charge on any atom is 0.407 e. The number of benzene rings is 2. The second-order valence-electron chi connectivity index (χ2n) is 8.16. The van der Waals surface area contributed by atoms with E-state index in [9.17, 15) is 22.8 Å². The van der Waals surface area contributed by atoms with Crippen molar-refractivity contribution in [2.24, 2.45) is 0 Å². The van der Waals surface area contributed by atoms with Crippen LogP contribution in [0.3, 0.4) is 0 Å². The number of halogens is 5. The lowest BCUT2D eigenvalue weighted by Gasteiger charge is -2.31. The van der Waals surface area contributed by atoms with Crippen molar-refractivity contribution in [1.82, 2.24) is 5.32 Å². The van der Waals surface area contributed by atoms with Crippen molar-refractivity contribution in [3.05, 3.63) is 63.1 Å². The summed E-state index contributed by atoms with van der Waals surface area (Å²) in [4.78, 5) is 26.2. The standard InChI is InChI=1S/C23H21Cl2F3N2O2/c1-2-20(31)29-19-6-3-13-9-17(4-5-18(13)19)30-8-7-22(21(30)32,23(26,27)28)14-10-15(24)12-16(25)11-14/h4-5,9-12,19H,2-3,6-8H2,1H3,(H,29,31). The van der Waals surface area contributed by atoms with Gasteiger partial charge in [-0.1, -0.05) is 36.2 Å². The van der Waals surface area contributed by atoms with Gasteiger partial charge in [-0.05, 0) is 66.3 Å². The molecule has 1 saturated heterocycles. The van der Waals surface area contributed by atoms with Crippen molar-refractivity contribution in [1.29, 1.82) is 0 Å². The Bertz CT molecular complexity index is 1070. The van der Waals surface area contributed by atoms with E-state index in [1.807, 2.05) is 0 Å². The molecule has 4 rings (SSSR count). The second-order valence-corrected chi connectivity index (χ2v) is 9.04. The zero-order valence-electron chi connectivity index (χ0n) is 17.2. The first-order valence-corrected chi connectivity index (χ1v) is 11.1. The van der Waals surface area contributed by atoms with E-state index in [0.29, 0.717) is 24.9 Å². The minimum Gasteiger partial charge on any atom is -0.349 e. The minimum atomic E-state index is -4.82. The fourth-order valence-electron chi connectivity index (χ4n) is 4.68. The Kier molecular flexibility index (Phi) is 5.92. The Labute approximate surface area is 193 Å². The smallest absolute Gasteiger partial charge is 0.349 e. The Hall–Kier alpha value is -2.25. The normalized spacial score (nSPS) is 22.9. The third-order valence-corrected chi connectivity index (χ3v) is 6.77. The average Bonchev–Trinajstić information content (AvgIpc) is 3.28. The number of nitrogens with zero attached hydrogens (tertiary/aromatic N) is 1. The van der Waals surface area contributed by atoms with Crippen molar-refractivity contribution in [2.45, 2.75) is 50.2 Å². The summed E-state index contributed by atoms with van der Waals surface area (Å²) in [6.07, 6.45) is -3.49. The predicted molar refractivity (Wildman–Crippen MR) is 117 cm³/mol. The van der Waals surface area contributed by atoms with Gasteiger partial charge in [0.25, 0.3) is 0 Å². The van der Waals surface area contributed by atoms with Crippen LogP contribution < -0.4 is 10.2 Å². The Morgan fingerprint density at radius 2 is 1.88 bits per heavy atom. The van der Waals surface area contributed by atoms with Crippen molar-refractivity contribution in [2.75, 3.05) is 11.4 Å². The van der Waals surface area contributed by atoms with E-state index in [0.717, 1.165) is 23.3 Å². The van der Waals surface area contributed by atoms with Crippen molar-refractivity contribution in [3.8, 4) is 0 Å². The third-order valence-electron chi connectivity index (χ3n) is 6.33. The number of anilines is 1. The number of rotatable bonds is 4. The highest BCUT2D eigenvalue weighted by molar-refractivity contribution is 6.34. The molecule has 1 fully saturated rings. The molecule has 0 aromatic heterocycles. The summed E-state index contributed by atoms with van der Waals surface area (Å²) in [6, 6.07) is 8.71. The molecular weight excluding hydrogens is 464 g/mol. The van der Waals surface area contributed by atoms with Crippen LogP contribution in [-0.4, -0.2) is 24.5 Å².